The van der Waals surface area contributed by atoms with Crippen molar-refractivity contribution in [3.63, 3.8) is 0 Å². The van der Waals surface area contributed by atoms with E-state index in [-0.39, 0.29) is 17.5 Å². The molecule has 0 aliphatic heterocycles. The van der Waals surface area contributed by atoms with Crippen LogP contribution < -0.4 is 10.9 Å². The standard InChI is InChI=1S/C18H18N6O2S/c1-9(2)24-15-11(6-21-24)5-12(7-19-15)22-16(25)14-10(3)13-17(27-14)20-8-23(4)18(13)26/h5-9H,1-4H3,(H,22,25). The lowest BCUT2D eigenvalue weighted by molar-refractivity contribution is 0.103. The summed E-state index contributed by atoms with van der Waals surface area (Å²) in [6.07, 6.45) is 4.81. The maximum Gasteiger partial charge on any atom is 0.266 e. The third-order valence-electron chi connectivity index (χ3n) is 4.40. The average molecular weight is 382 g/mol. The molecule has 0 radical (unpaired) electrons. The van der Waals surface area contributed by atoms with Gasteiger partial charge in [-0.05, 0) is 32.4 Å². The van der Waals surface area contributed by atoms with Crippen LogP contribution in [0.1, 0.15) is 35.1 Å². The molecule has 0 unspecified atom stereocenters. The SMILES string of the molecule is Cc1c(C(=O)Nc2cnc3c(cnn3C(C)C)c2)sc2ncn(C)c(=O)c12. The van der Waals surface area contributed by atoms with Crippen molar-refractivity contribution >= 4 is 44.2 Å². The van der Waals surface area contributed by atoms with E-state index in [4.69, 9.17) is 0 Å². The van der Waals surface area contributed by atoms with E-state index in [2.05, 4.69) is 20.4 Å². The minimum atomic E-state index is -0.282. The Hall–Kier alpha value is -3.07. The van der Waals surface area contributed by atoms with Gasteiger partial charge < -0.3 is 9.88 Å². The fourth-order valence-electron chi connectivity index (χ4n) is 3.00. The number of aromatic nitrogens is 5. The van der Waals surface area contributed by atoms with Gasteiger partial charge in [-0.2, -0.15) is 5.10 Å². The molecule has 27 heavy (non-hydrogen) atoms. The van der Waals surface area contributed by atoms with Crippen LogP contribution in [0, 0.1) is 6.92 Å². The molecule has 1 N–H and O–H groups in total. The van der Waals surface area contributed by atoms with E-state index in [1.54, 1.807) is 26.4 Å². The summed E-state index contributed by atoms with van der Waals surface area (Å²) in [5.74, 6) is -0.282. The number of hydrogen-bond donors (Lipinski definition) is 1. The van der Waals surface area contributed by atoms with Crippen molar-refractivity contribution in [3.8, 4) is 0 Å². The Kier molecular flexibility index (Phi) is 4.03. The molecule has 0 aromatic carbocycles. The molecule has 0 fully saturated rings. The summed E-state index contributed by atoms with van der Waals surface area (Å²) in [4.78, 5) is 34.8. The summed E-state index contributed by atoms with van der Waals surface area (Å²) < 4.78 is 3.24. The Balaban J connectivity index is 1.69. The van der Waals surface area contributed by atoms with Gasteiger partial charge in [0, 0.05) is 18.5 Å². The zero-order valence-corrected chi connectivity index (χ0v) is 16.2. The first-order chi connectivity index (χ1) is 12.9. The fraction of sp³-hybridized carbons (Fsp3) is 0.278. The van der Waals surface area contributed by atoms with Crippen LogP contribution in [0.4, 0.5) is 5.69 Å². The highest BCUT2D eigenvalue weighted by Crippen LogP contribution is 2.28. The van der Waals surface area contributed by atoms with Crippen LogP contribution in [0.2, 0.25) is 0 Å². The lowest BCUT2D eigenvalue weighted by atomic mass is 10.2. The predicted molar refractivity (Wildman–Crippen MR) is 105 cm³/mol. The Morgan fingerprint density at radius 1 is 1.26 bits per heavy atom. The molecule has 8 nitrogen and oxygen atoms in total. The molecule has 4 aromatic heterocycles. The Labute approximate surface area is 158 Å². The van der Waals surface area contributed by atoms with Crippen LogP contribution in [-0.2, 0) is 7.05 Å². The number of carbonyl (C=O) groups excluding carboxylic acids is 1. The lowest BCUT2D eigenvalue weighted by Gasteiger charge is -2.07. The fourth-order valence-corrected chi connectivity index (χ4v) is 4.03. The smallest absolute Gasteiger partial charge is 0.266 e. The third kappa shape index (κ3) is 2.80. The molecule has 138 valence electrons. The van der Waals surface area contributed by atoms with Gasteiger partial charge in [-0.25, -0.2) is 14.6 Å². The number of amides is 1. The van der Waals surface area contributed by atoms with Crippen molar-refractivity contribution < 1.29 is 4.79 Å². The number of rotatable bonds is 3. The monoisotopic (exact) mass is 382 g/mol. The zero-order chi connectivity index (χ0) is 19.3. The normalized spacial score (nSPS) is 11.6. The Bertz CT molecular complexity index is 1250. The highest BCUT2D eigenvalue weighted by molar-refractivity contribution is 7.20. The van der Waals surface area contributed by atoms with Crippen molar-refractivity contribution in [1.82, 2.24) is 24.3 Å². The summed E-state index contributed by atoms with van der Waals surface area (Å²) in [7, 11) is 1.64. The van der Waals surface area contributed by atoms with E-state index in [9.17, 15) is 9.59 Å². The molecule has 1 amide bonds. The quantitative estimate of drug-likeness (QED) is 0.588. The van der Waals surface area contributed by atoms with Gasteiger partial charge in [0.05, 0.1) is 34.7 Å². The Morgan fingerprint density at radius 2 is 2.04 bits per heavy atom. The predicted octanol–water partition coefficient (Wildman–Crippen LogP) is 2.88. The number of hydrogen-bond acceptors (Lipinski definition) is 6. The molecule has 0 saturated heterocycles. The van der Waals surface area contributed by atoms with Crippen LogP contribution >= 0.6 is 11.3 Å². The summed E-state index contributed by atoms with van der Waals surface area (Å²) in [6, 6.07) is 2.04. The molecule has 4 aromatic rings. The van der Waals surface area contributed by atoms with Crippen molar-refractivity contribution in [2.75, 3.05) is 5.32 Å². The first-order valence-corrected chi connectivity index (χ1v) is 9.28. The molecular formula is C18H18N6O2S. The van der Waals surface area contributed by atoms with Crippen molar-refractivity contribution in [2.24, 2.45) is 7.05 Å². The van der Waals surface area contributed by atoms with E-state index in [0.29, 0.717) is 26.3 Å². The number of nitrogens with zero attached hydrogens (tertiary/aromatic N) is 5. The largest absolute Gasteiger partial charge is 0.320 e. The van der Waals surface area contributed by atoms with Crippen LogP contribution in [0.5, 0.6) is 0 Å². The lowest BCUT2D eigenvalue weighted by Crippen LogP contribution is -2.17. The van der Waals surface area contributed by atoms with E-state index >= 15 is 0 Å². The van der Waals surface area contributed by atoms with E-state index in [1.807, 2.05) is 24.6 Å². The number of pyridine rings is 1. The van der Waals surface area contributed by atoms with Gasteiger partial charge in [-0.3, -0.25) is 9.59 Å². The van der Waals surface area contributed by atoms with Gasteiger partial charge in [0.1, 0.15) is 4.83 Å². The molecule has 0 aliphatic rings. The second kappa shape index (κ2) is 6.27. The maximum atomic E-state index is 12.8. The van der Waals surface area contributed by atoms with Crippen molar-refractivity contribution in [3.05, 3.63) is 45.6 Å². The van der Waals surface area contributed by atoms with Gasteiger partial charge in [0.15, 0.2) is 5.65 Å². The maximum absolute atomic E-state index is 12.8. The number of aryl methyl sites for hydroxylation is 2. The highest BCUT2D eigenvalue weighted by Gasteiger charge is 2.19. The van der Waals surface area contributed by atoms with Gasteiger partial charge in [-0.1, -0.05) is 0 Å². The minimum Gasteiger partial charge on any atom is -0.320 e. The van der Waals surface area contributed by atoms with Crippen LogP contribution in [0.25, 0.3) is 21.3 Å². The molecule has 0 bridgehead atoms. The molecule has 4 rings (SSSR count). The topological polar surface area (TPSA) is 94.7 Å². The van der Waals surface area contributed by atoms with Gasteiger partial charge >= 0.3 is 0 Å². The molecule has 0 aliphatic carbocycles. The molecule has 4 heterocycles. The number of anilines is 1. The molecule has 0 atom stereocenters. The summed E-state index contributed by atoms with van der Waals surface area (Å²) >= 11 is 1.21. The third-order valence-corrected chi connectivity index (χ3v) is 5.60. The molecule has 0 spiro atoms. The molecular weight excluding hydrogens is 364 g/mol. The van der Waals surface area contributed by atoms with Gasteiger partial charge in [0.25, 0.3) is 11.5 Å². The highest BCUT2D eigenvalue weighted by atomic mass is 32.1. The second-order valence-electron chi connectivity index (χ2n) is 6.67. The van der Waals surface area contributed by atoms with Gasteiger partial charge in [-0.15, -0.1) is 11.3 Å². The Morgan fingerprint density at radius 3 is 2.78 bits per heavy atom. The number of carbonyl (C=O) groups is 1. The van der Waals surface area contributed by atoms with Crippen molar-refractivity contribution in [1.29, 1.82) is 0 Å². The average Bonchev–Trinajstić information content (AvgIpc) is 3.19. The van der Waals surface area contributed by atoms with Gasteiger partial charge in [0.2, 0.25) is 0 Å². The van der Waals surface area contributed by atoms with Crippen LogP contribution in [0.3, 0.4) is 0 Å². The second-order valence-corrected chi connectivity index (χ2v) is 7.67. The van der Waals surface area contributed by atoms with Crippen LogP contribution in [0.15, 0.2) is 29.6 Å². The van der Waals surface area contributed by atoms with E-state index in [0.717, 1.165) is 11.0 Å². The van der Waals surface area contributed by atoms with Crippen molar-refractivity contribution in [2.45, 2.75) is 26.8 Å². The molecule has 9 heteroatoms. The summed E-state index contributed by atoms with van der Waals surface area (Å²) in [5, 5.41) is 8.53. The summed E-state index contributed by atoms with van der Waals surface area (Å²) in [5.41, 5.74) is 1.84. The first-order valence-electron chi connectivity index (χ1n) is 8.46. The number of fused-ring (bicyclic) bond motifs is 2. The number of thiophene rings is 1. The number of nitrogens with one attached hydrogen (secondary N) is 1. The first kappa shape index (κ1) is 17.3. The van der Waals surface area contributed by atoms with E-state index in [1.165, 1.54) is 22.2 Å². The summed E-state index contributed by atoms with van der Waals surface area (Å²) in [6.45, 7) is 5.84. The molecule has 0 saturated carbocycles. The van der Waals surface area contributed by atoms with E-state index < -0.39 is 0 Å². The van der Waals surface area contributed by atoms with Crippen LogP contribution in [-0.4, -0.2) is 30.2 Å². The minimum absolute atomic E-state index is 0.156. The zero-order valence-electron chi connectivity index (χ0n) is 15.3.